The number of aromatic nitrogens is 2. The molecule has 0 saturated heterocycles. The van der Waals surface area contributed by atoms with Crippen LogP contribution in [0.5, 0.6) is 0 Å². The van der Waals surface area contributed by atoms with Gasteiger partial charge in [0, 0.05) is 18.0 Å². The molecule has 2 heterocycles. The van der Waals surface area contributed by atoms with Crippen LogP contribution in [0, 0.1) is 0 Å². The fourth-order valence-electron chi connectivity index (χ4n) is 1.77. The molecule has 5 heteroatoms. The van der Waals surface area contributed by atoms with Gasteiger partial charge in [-0.15, -0.1) is 0 Å². The van der Waals surface area contributed by atoms with Crippen molar-refractivity contribution < 1.29 is 9.21 Å². The number of rotatable bonds is 2. The van der Waals surface area contributed by atoms with Gasteiger partial charge in [-0.25, -0.2) is 4.98 Å². The highest BCUT2D eigenvalue weighted by Gasteiger charge is 2.13. The first-order valence-electron chi connectivity index (χ1n) is 5.35. The van der Waals surface area contributed by atoms with Crippen molar-refractivity contribution in [3.8, 4) is 11.5 Å². The van der Waals surface area contributed by atoms with Gasteiger partial charge in [0.2, 0.25) is 5.89 Å². The van der Waals surface area contributed by atoms with Crippen LogP contribution >= 0.6 is 0 Å². The molecule has 0 unspecified atom stereocenters. The number of nitrogens with zero attached hydrogens (tertiary/aromatic N) is 2. The van der Waals surface area contributed by atoms with Gasteiger partial charge in [0.1, 0.15) is 5.52 Å². The number of para-hydroxylation sites is 1. The average molecular weight is 239 g/mol. The third-order valence-corrected chi connectivity index (χ3v) is 2.61. The molecule has 0 spiro atoms. The number of benzene rings is 1. The van der Waals surface area contributed by atoms with E-state index in [0.29, 0.717) is 22.6 Å². The second-order valence-electron chi connectivity index (χ2n) is 3.77. The van der Waals surface area contributed by atoms with E-state index >= 15 is 0 Å². The molecule has 0 aliphatic carbocycles. The van der Waals surface area contributed by atoms with Gasteiger partial charge in [-0.3, -0.25) is 9.78 Å². The number of carbonyl (C=O) groups is 1. The zero-order valence-corrected chi connectivity index (χ0v) is 9.33. The van der Waals surface area contributed by atoms with Crippen molar-refractivity contribution in [2.75, 3.05) is 0 Å². The number of hydrogen-bond acceptors (Lipinski definition) is 4. The van der Waals surface area contributed by atoms with E-state index in [1.54, 1.807) is 42.7 Å². The number of fused-ring (bicyclic) bond motifs is 1. The third-order valence-electron chi connectivity index (χ3n) is 2.61. The van der Waals surface area contributed by atoms with Crippen LogP contribution in [0.25, 0.3) is 22.6 Å². The topological polar surface area (TPSA) is 82.0 Å². The zero-order valence-electron chi connectivity index (χ0n) is 9.33. The molecule has 1 amide bonds. The van der Waals surface area contributed by atoms with Crippen LogP contribution in [-0.2, 0) is 0 Å². The summed E-state index contributed by atoms with van der Waals surface area (Å²) in [5, 5.41) is 0. The van der Waals surface area contributed by atoms with Gasteiger partial charge < -0.3 is 10.2 Å². The minimum atomic E-state index is -0.518. The lowest BCUT2D eigenvalue weighted by Crippen LogP contribution is -2.11. The Morgan fingerprint density at radius 2 is 1.94 bits per heavy atom. The average Bonchev–Trinajstić information content (AvgIpc) is 2.83. The summed E-state index contributed by atoms with van der Waals surface area (Å²) in [4.78, 5) is 19.5. The van der Waals surface area contributed by atoms with E-state index in [-0.39, 0.29) is 0 Å². The highest BCUT2D eigenvalue weighted by molar-refractivity contribution is 6.03. The summed E-state index contributed by atoms with van der Waals surface area (Å²) in [6, 6.07) is 8.66. The van der Waals surface area contributed by atoms with Gasteiger partial charge in [-0.1, -0.05) is 6.07 Å². The first-order chi connectivity index (χ1) is 8.75. The predicted molar refractivity (Wildman–Crippen MR) is 65.8 cm³/mol. The standard InChI is InChI=1S/C13H9N3O2/c14-12(17)9-2-1-3-10-11(9)16-13(18-10)8-4-6-15-7-5-8/h1-7H,(H2,14,17). The number of oxazole rings is 1. The van der Waals surface area contributed by atoms with Crippen LogP contribution in [0.3, 0.4) is 0 Å². The maximum absolute atomic E-state index is 11.3. The Labute approximate surface area is 102 Å². The summed E-state index contributed by atoms with van der Waals surface area (Å²) in [6.45, 7) is 0. The maximum Gasteiger partial charge on any atom is 0.251 e. The van der Waals surface area contributed by atoms with E-state index < -0.39 is 5.91 Å². The van der Waals surface area contributed by atoms with Crippen molar-refractivity contribution in [1.29, 1.82) is 0 Å². The lowest BCUT2D eigenvalue weighted by atomic mass is 10.2. The van der Waals surface area contributed by atoms with Gasteiger partial charge >= 0.3 is 0 Å². The SMILES string of the molecule is NC(=O)c1cccc2oc(-c3ccncc3)nc12. The number of primary amides is 1. The van der Waals surface area contributed by atoms with Gasteiger partial charge in [0.15, 0.2) is 5.58 Å². The number of carbonyl (C=O) groups excluding carboxylic acids is 1. The van der Waals surface area contributed by atoms with Crippen LogP contribution < -0.4 is 5.73 Å². The van der Waals surface area contributed by atoms with Crippen molar-refractivity contribution >= 4 is 17.0 Å². The second kappa shape index (κ2) is 3.96. The maximum atomic E-state index is 11.3. The smallest absolute Gasteiger partial charge is 0.251 e. The first kappa shape index (κ1) is 10.5. The van der Waals surface area contributed by atoms with Gasteiger partial charge in [0.05, 0.1) is 5.56 Å². The van der Waals surface area contributed by atoms with E-state index in [2.05, 4.69) is 9.97 Å². The highest BCUT2D eigenvalue weighted by Crippen LogP contribution is 2.25. The molecule has 88 valence electrons. The van der Waals surface area contributed by atoms with Gasteiger partial charge in [-0.05, 0) is 24.3 Å². The summed E-state index contributed by atoms with van der Waals surface area (Å²) in [7, 11) is 0. The Morgan fingerprint density at radius 3 is 2.67 bits per heavy atom. The monoisotopic (exact) mass is 239 g/mol. The minimum absolute atomic E-state index is 0.358. The van der Waals surface area contributed by atoms with Gasteiger partial charge in [-0.2, -0.15) is 0 Å². The molecule has 0 radical (unpaired) electrons. The summed E-state index contributed by atoms with van der Waals surface area (Å²) in [5.41, 5.74) is 7.48. The fourth-order valence-corrected chi connectivity index (χ4v) is 1.77. The van der Waals surface area contributed by atoms with Crippen molar-refractivity contribution in [1.82, 2.24) is 9.97 Å². The molecule has 0 fully saturated rings. The molecule has 0 aliphatic heterocycles. The van der Waals surface area contributed by atoms with Crippen molar-refractivity contribution in [3.05, 3.63) is 48.3 Å². The molecule has 2 N–H and O–H groups in total. The van der Waals surface area contributed by atoms with E-state index in [4.69, 9.17) is 10.2 Å². The Hall–Kier alpha value is -2.69. The number of pyridine rings is 1. The fraction of sp³-hybridized carbons (Fsp3) is 0. The third kappa shape index (κ3) is 1.62. The largest absolute Gasteiger partial charge is 0.436 e. The highest BCUT2D eigenvalue weighted by atomic mass is 16.3. The zero-order chi connectivity index (χ0) is 12.5. The molecule has 0 atom stereocenters. The van der Waals surface area contributed by atoms with E-state index in [1.165, 1.54) is 0 Å². The van der Waals surface area contributed by atoms with Crippen molar-refractivity contribution in [2.45, 2.75) is 0 Å². The number of amides is 1. The normalized spacial score (nSPS) is 10.7. The number of nitrogens with two attached hydrogens (primary N) is 1. The molecule has 0 saturated carbocycles. The Kier molecular flexibility index (Phi) is 2.30. The molecule has 18 heavy (non-hydrogen) atoms. The Morgan fingerprint density at radius 1 is 1.17 bits per heavy atom. The molecular weight excluding hydrogens is 230 g/mol. The first-order valence-corrected chi connectivity index (χ1v) is 5.35. The lowest BCUT2D eigenvalue weighted by molar-refractivity contribution is 0.100. The van der Waals surface area contributed by atoms with Crippen LogP contribution in [0.1, 0.15) is 10.4 Å². The van der Waals surface area contributed by atoms with Crippen molar-refractivity contribution in [3.63, 3.8) is 0 Å². The molecule has 0 aliphatic rings. The van der Waals surface area contributed by atoms with Crippen LogP contribution in [0.4, 0.5) is 0 Å². The molecule has 2 aromatic heterocycles. The molecule has 0 bridgehead atoms. The molecule has 1 aromatic carbocycles. The van der Waals surface area contributed by atoms with Crippen LogP contribution in [0.2, 0.25) is 0 Å². The van der Waals surface area contributed by atoms with E-state index in [0.717, 1.165) is 5.56 Å². The van der Waals surface area contributed by atoms with E-state index in [9.17, 15) is 4.79 Å². The second-order valence-corrected chi connectivity index (χ2v) is 3.77. The molecule has 5 nitrogen and oxygen atoms in total. The van der Waals surface area contributed by atoms with Crippen LogP contribution in [-0.4, -0.2) is 15.9 Å². The molecule has 3 aromatic rings. The Balaban J connectivity index is 2.23. The minimum Gasteiger partial charge on any atom is -0.436 e. The molecule has 3 rings (SSSR count). The Bertz CT molecular complexity index is 719. The quantitative estimate of drug-likeness (QED) is 0.741. The predicted octanol–water partition coefficient (Wildman–Crippen LogP) is 1.99. The summed E-state index contributed by atoms with van der Waals surface area (Å²) >= 11 is 0. The van der Waals surface area contributed by atoms with E-state index in [1.807, 2.05) is 0 Å². The van der Waals surface area contributed by atoms with Gasteiger partial charge in [0.25, 0.3) is 5.91 Å². The number of hydrogen-bond donors (Lipinski definition) is 1. The lowest BCUT2D eigenvalue weighted by Gasteiger charge is -1.93. The van der Waals surface area contributed by atoms with Crippen LogP contribution in [0.15, 0.2) is 47.1 Å². The van der Waals surface area contributed by atoms with Crippen molar-refractivity contribution in [2.24, 2.45) is 5.73 Å². The molecular formula is C13H9N3O2. The summed E-state index contributed by atoms with van der Waals surface area (Å²) < 4.78 is 5.60. The summed E-state index contributed by atoms with van der Waals surface area (Å²) in [6.07, 6.45) is 3.30. The summed E-state index contributed by atoms with van der Waals surface area (Å²) in [5.74, 6) is -0.0729.